The number of carbonyl (C=O) groups is 1. The van der Waals surface area contributed by atoms with Crippen LogP contribution in [0.15, 0.2) is 11.6 Å². The minimum absolute atomic E-state index is 0.0351. The Bertz CT molecular complexity index is 466. The van der Waals surface area contributed by atoms with Crippen molar-refractivity contribution in [1.82, 2.24) is 0 Å². The number of rotatable bonds is 0. The number of aliphatic hydroxyl groups is 1. The molecule has 0 amide bonds. The zero-order valence-electron chi connectivity index (χ0n) is 12.5. The number of ketones is 1. The van der Waals surface area contributed by atoms with Crippen LogP contribution in [0.5, 0.6) is 0 Å². The summed E-state index contributed by atoms with van der Waals surface area (Å²) < 4.78 is 0. The van der Waals surface area contributed by atoms with Crippen molar-refractivity contribution in [3.8, 4) is 0 Å². The van der Waals surface area contributed by atoms with Gasteiger partial charge in [0.2, 0.25) is 0 Å². The summed E-state index contributed by atoms with van der Waals surface area (Å²) in [5.41, 5.74) is 1.74. The first kappa shape index (κ1) is 13.1. The molecule has 6 unspecified atom stereocenters. The van der Waals surface area contributed by atoms with E-state index in [1.165, 1.54) is 24.8 Å². The number of aliphatic hydroxyl groups excluding tert-OH is 1. The summed E-state index contributed by atoms with van der Waals surface area (Å²) in [7, 11) is 0. The van der Waals surface area contributed by atoms with Gasteiger partial charge in [0.25, 0.3) is 0 Å². The van der Waals surface area contributed by atoms with Gasteiger partial charge in [0.1, 0.15) is 5.78 Å². The van der Waals surface area contributed by atoms with Gasteiger partial charge in [0, 0.05) is 12.8 Å². The summed E-state index contributed by atoms with van der Waals surface area (Å²) in [5.74, 6) is 3.29. The fourth-order valence-electron chi connectivity index (χ4n) is 6.10. The number of hydrogen-bond acceptors (Lipinski definition) is 2. The van der Waals surface area contributed by atoms with Crippen LogP contribution in [0.25, 0.3) is 0 Å². The van der Waals surface area contributed by atoms with Crippen LogP contribution in [0, 0.1) is 29.1 Å². The Labute approximate surface area is 121 Å². The van der Waals surface area contributed by atoms with Crippen LogP contribution in [-0.4, -0.2) is 17.0 Å². The van der Waals surface area contributed by atoms with Crippen molar-refractivity contribution in [3.63, 3.8) is 0 Å². The second-order valence-corrected chi connectivity index (χ2v) is 7.92. The Morgan fingerprint density at radius 3 is 2.80 bits per heavy atom. The minimum Gasteiger partial charge on any atom is -0.393 e. The maximum absolute atomic E-state index is 11.8. The third-order valence-corrected chi connectivity index (χ3v) is 7.22. The number of hydrogen-bond donors (Lipinski definition) is 1. The van der Waals surface area contributed by atoms with Crippen molar-refractivity contribution in [2.75, 3.05) is 0 Å². The second-order valence-electron chi connectivity index (χ2n) is 7.92. The molecular weight excluding hydrogens is 248 g/mol. The predicted octanol–water partition coefficient (Wildman–Crippen LogP) is 3.49. The molecule has 2 heteroatoms. The van der Waals surface area contributed by atoms with E-state index in [0.717, 1.165) is 49.9 Å². The van der Waals surface area contributed by atoms with Crippen LogP contribution >= 0.6 is 0 Å². The first-order chi connectivity index (χ1) is 9.59. The Hall–Kier alpha value is -0.630. The summed E-state index contributed by atoms with van der Waals surface area (Å²) in [6.45, 7) is 2.42. The van der Waals surface area contributed by atoms with Gasteiger partial charge in [0.05, 0.1) is 6.10 Å². The average molecular weight is 274 g/mol. The molecule has 20 heavy (non-hydrogen) atoms. The summed E-state index contributed by atoms with van der Waals surface area (Å²) in [5, 5.41) is 10.2. The van der Waals surface area contributed by atoms with E-state index in [1.807, 2.05) is 0 Å². The maximum Gasteiger partial charge on any atom is 0.136 e. The van der Waals surface area contributed by atoms with Gasteiger partial charge >= 0.3 is 0 Å². The molecule has 0 aromatic heterocycles. The van der Waals surface area contributed by atoms with E-state index in [0.29, 0.717) is 11.7 Å². The zero-order chi connectivity index (χ0) is 13.9. The topological polar surface area (TPSA) is 37.3 Å². The van der Waals surface area contributed by atoms with Crippen LogP contribution in [-0.2, 0) is 4.79 Å². The zero-order valence-corrected chi connectivity index (χ0v) is 12.5. The molecule has 0 heterocycles. The standard InChI is InChI=1S/C18H26O2/c1-18-9-8-12(19)10-11(18)2-3-14-13-5-7-17(20)15(13)4-6-16(14)18/h2,13-17,20H,3-10H2,1H3. The highest BCUT2D eigenvalue weighted by atomic mass is 16.3. The van der Waals surface area contributed by atoms with Crippen molar-refractivity contribution >= 4 is 5.78 Å². The Morgan fingerprint density at radius 2 is 1.95 bits per heavy atom. The van der Waals surface area contributed by atoms with Gasteiger partial charge in [-0.15, -0.1) is 0 Å². The average Bonchev–Trinajstić information content (AvgIpc) is 2.82. The van der Waals surface area contributed by atoms with Crippen LogP contribution < -0.4 is 0 Å². The minimum atomic E-state index is -0.0351. The number of carbonyl (C=O) groups excluding carboxylic acids is 1. The van der Waals surface area contributed by atoms with E-state index < -0.39 is 0 Å². The molecular formula is C18H26O2. The van der Waals surface area contributed by atoms with Crippen molar-refractivity contribution in [2.24, 2.45) is 29.1 Å². The molecule has 0 bridgehead atoms. The Kier molecular flexibility index (Phi) is 2.89. The lowest BCUT2D eigenvalue weighted by molar-refractivity contribution is -0.121. The third-order valence-electron chi connectivity index (χ3n) is 7.22. The highest BCUT2D eigenvalue weighted by molar-refractivity contribution is 5.82. The van der Waals surface area contributed by atoms with E-state index >= 15 is 0 Å². The molecule has 3 fully saturated rings. The van der Waals surface area contributed by atoms with Gasteiger partial charge < -0.3 is 5.11 Å². The highest BCUT2D eigenvalue weighted by Gasteiger charge is 2.53. The molecule has 0 aliphatic heterocycles. The Morgan fingerprint density at radius 1 is 1.15 bits per heavy atom. The summed E-state index contributed by atoms with van der Waals surface area (Å²) >= 11 is 0. The molecule has 0 aromatic rings. The van der Waals surface area contributed by atoms with Gasteiger partial charge in [0.15, 0.2) is 0 Å². The second kappa shape index (κ2) is 4.43. The molecule has 4 rings (SSSR count). The van der Waals surface area contributed by atoms with Gasteiger partial charge in [-0.3, -0.25) is 4.79 Å². The van der Waals surface area contributed by atoms with E-state index in [-0.39, 0.29) is 11.5 Å². The maximum atomic E-state index is 11.8. The van der Waals surface area contributed by atoms with Gasteiger partial charge in [-0.1, -0.05) is 18.6 Å². The number of allylic oxidation sites excluding steroid dienone is 2. The lowest BCUT2D eigenvalue weighted by Crippen LogP contribution is -2.47. The SMILES string of the molecule is CC12CCC(=O)CC1=CCC1C3CCC(O)C3CCC12. The lowest BCUT2D eigenvalue weighted by Gasteiger charge is -2.54. The summed E-state index contributed by atoms with van der Waals surface area (Å²) in [4.78, 5) is 11.8. The van der Waals surface area contributed by atoms with Gasteiger partial charge in [-0.25, -0.2) is 0 Å². The van der Waals surface area contributed by atoms with Crippen LogP contribution in [0.4, 0.5) is 0 Å². The summed E-state index contributed by atoms with van der Waals surface area (Å²) in [6, 6.07) is 0. The molecule has 1 N–H and O–H groups in total. The quantitative estimate of drug-likeness (QED) is 0.687. The molecule has 0 radical (unpaired) electrons. The van der Waals surface area contributed by atoms with Gasteiger partial charge in [-0.2, -0.15) is 0 Å². The molecule has 0 spiro atoms. The lowest BCUT2D eigenvalue weighted by atomic mass is 9.50. The monoisotopic (exact) mass is 274 g/mol. The smallest absolute Gasteiger partial charge is 0.136 e. The van der Waals surface area contributed by atoms with E-state index in [4.69, 9.17) is 0 Å². The highest BCUT2D eigenvalue weighted by Crippen LogP contribution is 2.60. The molecule has 2 nitrogen and oxygen atoms in total. The molecule has 0 aromatic carbocycles. The van der Waals surface area contributed by atoms with E-state index in [2.05, 4.69) is 13.0 Å². The van der Waals surface area contributed by atoms with Crippen molar-refractivity contribution in [3.05, 3.63) is 11.6 Å². The molecule has 6 atom stereocenters. The molecule has 3 saturated carbocycles. The van der Waals surface area contributed by atoms with Crippen molar-refractivity contribution in [2.45, 2.75) is 64.4 Å². The fourth-order valence-corrected chi connectivity index (χ4v) is 6.10. The van der Waals surface area contributed by atoms with Gasteiger partial charge in [-0.05, 0) is 67.6 Å². The van der Waals surface area contributed by atoms with E-state index in [9.17, 15) is 9.90 Å². The molecule has 0 saturated heterocycles. The third kappa shape index (κ3) is 1.70. The van der Waals surface area contributed by atoms with Crippen molar-refractivity contribution < 1.29 is 9.90 Å². The van der Waals surface area contributed by atoms with Crippen LogP contribution in [0.2, 0.25) is 0 Å². The molecule has 4 aliphatic rings. The Balaban J connectivity index is 1.66. The fraction of sp³-hybridized carbons (Fsp3) is 0.833. The first-order valence-electron chi connectivity index (χ1n) is 8.49. The van der Waals surface area contributed by atoms with Crippen LogP contribution in [0.3, 0.4) is 0 Å². The molecule has 110 valence electrons. The largest absolute Gasteiger partial charge is 0.393 e. The first-order valence-corrected chi connectivity index (χ1v) is 8.49. The van der Waals surface area contributed by atoms with E-state index in [1.54, 1.807) is 0 Å². The number of Topliss-reactive ketones (excluding diaryl/α,β-unsaturated/α-hetero) is 1. The van der Waals surface area contributed by atoms with Crippen molar-refractivity contribution in [1.29, 1.82) is 0 Å². The van der Waals surface area contributed by atoms with Crippen LogP contribution in [0.1, 0.15) is 58.3 Å². The number of fused-ring (bicyclic) bond motifs is 5. The summed E-state index contributed by atoms with van der Waals surface area (Å²) in [6.07, 6.45) is 10.8. The predicted molar refractivity (Wildman–Crippen MR) is 78.1 cm³/mol. The molecule has 4 aliphatic carbocycles. The normalized spacial score (nSPS) is 51.0.